The Kier molecular flexibility index (Phi) is 5.16. The van der Waals surface area contributed by atoms with Crippen LogP contribution in [0.4, 0.5) is 18.0 Å². The van der Waals surface area contributed by atoms with Gasteiger partial charge in [0.2, 0.25) is 0 Å². The van der Waals surface area contributed by atoms with E-state index in [4.69, 9.17) is 4.74 Å². The Hall–Kier alpha value is -2.51. The number of imide groups is 1. The molecule has 1 saturated heterocycles. The van der Waals surface area contributed by atoms with Crippen molar-refractivity contribution >= 4 is 18.1 Å². The van der Waals surface area contributed by atoms with Crippen LogP contribution >= 0.6 is 0 Å². The molecule has 130 valence electrons. The van der Waals surface area contributed by atoms with Gasteiger partial charge in [0.25, 0.3) is 5.91 Å². The van der Waals surface area contributed by atoms with Crippen LogP contribution in [0.15, 0.2) is 30.3 Å². The van der Waals surface area contributed by atoms with Crippen molar-refractivity contribution in [1.82, 2.24) is 4.90 Å². The number of carbonyl (C=O) groups excluding carboxylic acids is 2. The number of nitrogens with zero attached hydrogens (tertiary/aromatic N) is 1. The lowest BCUT2D eigenvalue weighted by molar-refractivity contribution is -0.274. The van der Waals surface area contributed by atoms with Crippen molar-refractivity contribution in [1.29, 1.82) is 0 Å². The molecule has 1 aromatic rings. The molecule has 24 heavy (non-hydrogen) atoms. The molecule has 0 spiro atoms. The van der Waals surface area contributed by atoms with Crippen molar-refractivity contribution < 1.29 is 32.2 Å². The Bertz CT molecular complexity index is 638. The second-order valence-corrected chi connectivity index (χ2v) is 5.55. The van der Waals surface area contributed by atoms with E-state index in [-0.39, 0.29) is 24.3 Å². The summed E-state index contributed by atoms with van der Waals surface area (Å²) in [5, 5.41) is 0. The van der Waals surface area contributed by atoms with Gasteiger partial charge in [0.15, 0.2) is 0 Å². The van der Waals surface area contributed by atoms with Gasteiger partial charge in [-0.2, -0.15) is 0 Å². The number of ether oxygens (including phenoxy) is 2. The minimum Gasteiger partial charge on any atom is -0.447 e. The predicted molar refractivity (Wildman–Crippen MR) is 79.0 cm³/mol. The maximum Gasteiger partial charge on any atom is 0.573 e. The standard InChI is InChI=1S/C16H16F3NO4/c1-10(2)13-9-23-15(22)20(13)14(21)8-5-11-3-6-12(7-4-11)24-16(17,18)19/h3-8,10,13H,9H2,1-2H3. The fraction of sp³-hybridized carbons (Fsp3) is 0.375. The molecule has 1 heterocycles. The van der Waals surface area contributed by atoms with Gasteiger partial charge in [-0.25, -0.2) is 9.69 Å². The molecule has 1 unspecified atom stereocenters. The highest BCUT2D eigenvalue weighted by Crippen LogP contribution is 2.23. The van der Waals surface area contributed by atoms with Gasteiger partial charge in [0, 0.05) is 6.08 Å². The number of carbonyl (C=O) groups is 2. The molecule has 0 radical (unpaired) electrons. The molecule has 0 aromatic heterocycles. The molecule has 2 amide bonds. The van der Waals surface area contributed by atoms with Crippen LogP contribution in [0.1, 0.15) is 19.4 Å². The highest BCUT2D eigenvalue weighted by atomic mass is 19.4. The average molecular weight is 343 g/mol. The van der Waals surface area contributed by atoms with Gasteiger partial charge in [-0.1, -0.05) is 26.0 Å². The van der Waals surface area contributed by atoms with Gasteiger partial charge in [0.05, 0.1) is 6.04 Å². The molecule has 5 nitrogen and oxygen atoms in total. The zero-order valence-electron chi connectivity index (χ0n) is 13.0. The quantitative estimate of drug-likeness (QED) is 0.784. The number of amides is 2. The first-order valence-electron chi connectivity index (χ1n) is 7.21. The molecule has 1 atom stereocenters. The summed E-state index contributed by atoms with van der Waals surface area (Å²) in [5.41, 5.74) is 0.492. The molecule has 1 aliphatic rings. The lowest BCUT2D eigenvalue weighted by atomic mass is 10.0. The molecule has 1 aliphatic heterocycles. The van der Waals surface area contributed by atoms with Gasteiger partial charge in [-0.3, -0.25) is 4.79 Å². The highest BCUT2D eigenvalue weighted by molar-refractivity contribution is 6.02. The summed E-state index contributed by atoms with van der Waals surface area (Å²) in [6, 6.07) is 4.68. The number of halogens is 3. The van der Waals surface area contributed by atoms with Crippen LogP contribution < -0.4 is 4.74 Å². The maximum atomic E-state index is 12.2. The van der Waals surface area contributed by atoms with E-state index in [2.05, 4.69) is 4.74 Å². The topological polar surface area (TPSA) is 55.8 Å². The highest BCUT2D eigenvalue weighted by Gasteiger charge is 2.38. The molecule has 0 bridgehead atoms. The number of hydrogen-bond acceptors (Lipinski definition) is 4. The first-order chi connectivity index (χ1) is 11.2. The van der Waals surface area contributed by atoms with E-state index in [1.54, 1.807) is 0 Å². The van der Waals surface area contributed by atoms with Gasteiger partial charge < -0.3 is 9.47 Å². The van der Waals surface area contributed by atoms with E-state index in [0.717, 1.165) is 17.0 Å². The summed E-state index contributed by atoms with van der Waals surface area (Å²) in [5.74, 6) is -0.839. The van der Waals surface area contributed by atoms with Crippen molar-refractivity contribution in [2.75, 3.05) is 6.61 Å². The molecule has 0 N–H and O–H groups in total. The monoisotopic (exact) mass is 343 g/mol. The first-order valence-corrected chi connectivity index (χ1v) is 7.21. The minimum absolute atomic E-state index is 0.0487. The van der Waals surface area contributed by atoms with Crippen LogP contribution in [0, 0.1) is 5.92 Å². The van der Waals surface area contributed by atoms with E-state index in [1.807, 2.05) is 13.8 Å². The van der Waals surface area contributed by atoms with Gasteiger partial charge >= 0.3 is 12.5 Å². The third-order valence-electron chi connectivity index (χ3n) is 3.44. The van der Waals surface area contributed by atoms with Gasteiger partial charge in [0.1, 0.15) is 12.4 Å². The van der Waals surface area contributed by atoms with Crippen LogP contribution in [0.25, 0.3) is 6.08 Å². The summed E-state index contributed by atoms with van der Waals surface area (Å²) in [7, 11) is 0. The fourth-order valence-corrected chi connectivity index (χ4v) is 2.21. The zero-order valence-corrected chi connectivity index (χ0v) is 13.0. The molecule has 2 rings (SSSR count). The number of rotatable bonds is 4. The number of cyclic esters (lactones) is 1. The van der Waals surface area contributed by atoms with Crippen molar-refractivity contribution in [3.05, 3.63) is 35.9 Å². The first kappa shape index (κ1) is 17.8. The van der Waals surface area contributed by atoms with Crippen LogP contribution in [-0.4, -0.2) is 35.9 Å². The molecule has 0 saturated carbocycles. The van der Waals surface area contributed by atoms with Gasteiger partial charge in [-0.15, -0.1) is 13.2 Å². The molecule has 0 aliphatic carbocycles. The summed E-state index contributed by atoms with van der Waals surface area (Å²) in [6.45, 7) is 3.89. The Balaban J connectivity index is 2.04. The van der Waals surface area contributed by atoms with Gasteiger partial charge in [-0.05, 0) is 29.7 Å². The summed E-state index contributed by atoms with van der Waals surface area (Å²) in [6.07, 6.45) is -2.86. The van der Waals surface area contributed by atoms with Crippen LogP contribution in [0.5, 0.6) is 5.75 Å². The number of hydrogen-bond donors (Lipinski definition) is 0. The summed E-state index contributed by atoms with van der Waals surface area (Å²) >= 11 is 0. The second-order valence-electron chi connectivity index (χ2n) is 5.55. The normalized spacial score (nSPS) is 18.3. The Labute approximate surface area is 136 Å². The van der Waals surface area contributed by atoms with Crippen molar-refractivity contribution in [3.8, 4) is 5.75 Å². The zero-order chi connectivity index (χ0) is 17.9. The van der Waals surface area contributed by atoms with E-state index in [9.17, 15) is 22.8 Å². The van der Waals surface area contributed by atoms with E-state index < -0.39 is 18.4 Å². The second kappa shape index (κ2) is 6.94. The van der Waals surface area contributed by atoms with Crippen molar-refractivity contribution in [2.45, 2.75) is 26.3 Å². The largest absolute Gasteiger partial charge is 0.573 e. The van der Waals surface area contributed by atoms with Crippen molar-refractivity contribution in [2.24, 2.45) is 5.92 Å². The molecular weight excluding hydrogens is 327 g/mol. The summed E-state index contributed by atoms with van der Waals surface area (Å²) in [4.78, 5) is 24.9. The third kappa shape index (κ3) is 4.50. The molecular formula is C16H16F3NO4. The number of benzene rings is 1. The van der Waals surface area contributed by atoms with E-state index >= 15 is 0 Å². The lowest BCUT2D eigenvalue weighted by Gasteiger charge is -2.20. The van der Waals surface area contributed by atoms with Crippen molar-refractivity contribution in [3.63, 3.8) is 0 Å². The average Bonchev–Trinajstić information content (AvgIpc) is 2.87. The third-order valence-corrected chi connectivity index (χ3v) is 3.44. The fourth-order valence-electron chi connectivity index (χ4n) is 2.21. The number of alkyl halides is 3. The van der Waals surface area contributed by atoms with Crippen LogP contribution in [0.3, 0.4) is 0 Å². The molecule has 8 heteroatoms. The lowest BCUT2D eigenvalue weighted by Crippen LogP contribution is -2.40. The molecule has 1 fully saturated rings. The molecule has 1 aromatic carbocycles. The Morgan fingerprint density at radius 2 is 1.96 bits per heavy atom. The summed E-state index contributed by atoms with van der Waals surface area (Å²) < 4.78 is 44.9. The predicted octanol–water partition coefficient (Wildman–Crippen LogP) is 3.60. The maximum absolute atomic E-state index is 12.2. The van der Waals surface area contributed by atoms with Crippen LogP contribution in [0.2, 0.25) is 0 Å². The minimum atomic E-state index is -4.75. The Morgan fingerprint density at radius 1 is 1.33 bits per heavy atom. The van der Waals surface area contributed by atoms with E-state index in [1.165, 1.54) is 24.3 Å². The Morgan fingerprint density at radius 3 is 2.50 bits per heavy atom. The van der Waals surface area contributed by atoms with Crippen LogP contribution in [-0.2, 0) is 9.53 Å². The smallest absolute Gasteiger partial charge is 0.447 e. The SMILES string of the molecule is CC(C)C1COC(=O)N1C(=O)C=Cc1ccc(OC(F)(F)F)cc1. The van der Waals surface area contributed by atoms with E-state index in [0.29, 0.717) is 5.56 Å².